The van der Waals surface area contributed by atoms with Crippen LogP contribution in [-0.4, -0.2) is 59.7 Å². The maximum absolute atomic E-state index is 12.7. The van der Waals surface area contributed by atoms with E-state index >= 15 is 0 Å². The number of carbonyl (C=O) groups is 1. The van der Waals surface area contributed by atoms with Gasteiger partial charge in [-0.25, -0.2) is 9.97 Å². The van der Waals surface area contributed by atoms with Crippen LogP contribution in [0.3, 0.4) is 0 Å². The molecule has 0 saturated carbocycles. The topological polar surface area (TPSA) is 67.8 Å². The van der Waals surface area contributed by atoms with E-state index in [0.29, 0.717) is 50.3 Å². The lowest BCUT2D eigenvalue weighted by molar-refractivity contribution is -0.138. The molecule has 3 rings (SSSR count). The fraction of sp³-hybridized carbons (Fsp3) is 0.476. The first-order valence-corrected chi connectivity index (χ1v) is 9.73. The Bertz CT molecular complexity index is 761. The van der Waals surface area contributed by atoms with Crippen molar-refractivity contribution >= 4 is 11.7 Å². The first kappa shape index (κ1) is 19.9. The summed E-state index contributed by atoms with van der Waals surface area (Å²) in [6, 6.07) is 11.3. The van der Waals surface area contributed by atoms with E-state index in [9.17, 15) is 4.79 Å². The van der Waals surface area contributed by atoms with E-state index < -0.39 is 6.10 Å². The minimum Gasteiger partial charge on any atom is -0.481 e. The number of anilines is 1. The molecule has 0 aliphatic carbocycles. The molecule has 7 nitrogen and oxygen atoms in total. The molecule has 1 aliphatic heterocycles. The maximum Gasteiger partial charge on any atom is 0.263 e. The largest absolute Gasteiger partial charge is 0.481 e. The van der Waals surface area contributed by atoms with Crippen LogP contribution in [0.5, 0.6) is 11.6 Å². The van der Waals surface area contributed by atoms with Gasteiger partial charge in [-0.1, -0.05) is 32.0 Å². The van der Waals surface area contributed by atoms with Gasteiger partial charge in [-0.3, -0.25) is 4.79 Å². The van der Waals surface area contributed by atoms with Gasteiger partial charge in [0.05, 0.1) is 6.61 Å². The van der Waals surface area contributed by atoms with Crippen molar-refractivity contribution < 1.29 is 14.3 Å². The lowest BCUT2D eigenvalue weighted by Crippen LogP contribution is -2.52. The lowest BCUT2D eigenvalue weighted by Gasteiger charge is -2.36. The standard InChI is InChI=1S/C21H28N4O3/c1-16(2)14-27-20-13-19(22-15-23-20)24-9-11-25(12-10-24)21(26)17(3)28-18-7-5-4-6-8-18/h4-8,13,15-17H,9-12,14H2,1-3H3. The number of hydrogen-bond acceptors (Lipinski definition) is 6. The Hall–Kier alpha value is -2.83. The Morgan fingerprint density at radius 1 is 1.07 bits per heavy atom. The SMILES string of the molecule is CC(C)COc1cc(N2CCN(C(=O)C(C)Oc3ccccc3)CC2)ncn1. The minimum atomic E-state index is -0.510. The molecule has 1 atom stereocenters. The summed E-state index contributed by atoms with van der Waals surface area (Å²) in [6.45, 7) is 9.31. The van der Waals surface area contributed by atoms with Gasteiger partial charge < -0.3 is 19.3 Å². The molecule has 0 radical (unpaired) electrons. The number of piperazine rings is 1. The summed E-state index contributed by atoms with van der Waals surface area (Å²) in [4.78, 5) is 25.2. The van der Waals surface area contributed by atoms with E-state index in [1.165, 1.54) is 6.33 Å². The number of carbonyl (C=O) groups excluding carboxylic acids is 1. The highest BCUT2D eigenvalue weighted by Crippen LogP contribution is 2.19. The normalized spacial score (nSPS) is 15.4. The van der Waals surface area contributed by atoms with Crippen LogP contribution in [0, 0.1) is 5.92 Å². The Balaban J connectivity index is 1.52. The maximum atomic E-state index is 12.7. The molecule has 1 saturated heterocycles. The van der Waals surface area contributed by atoms with E-state index in [1.807, 2.05) is 41.3 Å². The number of benzene rings is 1. The second kappa shape index (κ2) is 9.39. The molecule has 2 aromatic rings. The molecule has 28 heavy (non-hydrogen) atoms. The van der Waals surface area contributed by atoms with Gasteiger partial charge in [0, 0.05) is 32.2 Å². The second-order valence-corrected chi connectivity index (χ2v) is 7.30. The number of hydrogen-bond donors (Lipinski definition) is 0. The van der Waals surface area contributed by atoms with E-state index in [-0.39, 0.29) is 5.91 Å². The van der Waals surface area contributed by atoms with Gasteiger partial charge in [0.2, 0.25) is 5.88 Å². The van der Waals surface area contributed by atoms with Crippen molar-refractivity contribution in [3.63, 3.8) is 0 Å². The molecule has 0 N–H and O–H groups in total. The van der Waals surface area contributed by atoms with Gasteiger partial charge >= 0.3 is 0 Å². The first-order chi connectivity index (χ1) is 13.5. The monoisotopic (exact) mass is 384 g/mol. The molecule has 1 aliphatic rings. The molecular weight excluding hydrogens is 356 g/mol. The number of ether oxygens (including phenoxy) is 2. The predicted octanol–water partition coefficient (Wildman–Crippen LogP) is 2.63. The summed E-state index contributed by atoms with van der Waals surface area (Å²) in [5, 5.41) is 0. The third-order valence-corrected chi connectivity index (χ3v) is 4.51. The highest BCUT2D eigenvalue weighted by Gasteiger charge is 2.26. The highest BCUT2D eigenvalue weighted by atomic mass is 16.5. The number of nitrogens with zero attached hydrogens (tertiary/aromatic N) is 4. The Labute approximate surface area is 166 Å². The first-order valence-electron chi connectivity index (χ1n) is 9.73. The molecular formula is C21H28N4O3. The Morgan fingerprint density at radius 2 is 1.79 bits per heavy atom. The summed E-state index contributed by atoms with van der Waals surface area (Å²) >= 11 is 0. The zero-order chi connectivity index (χ0) is 19.9. The summed E-state index contributed by atoms with van der Waals surface area (Å²) in [5.74, 6) is 2.56. The summed E-state index contributed by atoms with van der Waals surface area (Å²) in [5.41, 5.74) is 0. The summed E-state index contributed by atoms with van der Waals surface area (Å²) < 4.78 is 11.4. The zero-order valence-electron chi connectivity index (χ0n) is 16.7. The highest BCUT2D eigenvalue weighted by molar-refractivity contribution is 5.81. The molecule has 1 fully saturated rings. The van der Waals surface area contributed by atoms with Gasteiger partial charge in [0.15, 0.2) is 6.10 Å². The third-order valence-electron chi connectivity index (χ3n) is 4.51. The van der Waals surface area contributed by atoms with Gasteiger partial charge in [0.1, 0.15) is 17.9 Å². The molecule has 1 aromatic heterocycles. The van der Waals surface area contributed by atoms with Gasteiger partial charge in [-0.15, -0.1) is 0 Å². The van der Waals surface area contributed by atoms with Crippen molar-refractivity contribution in [1.29, 1.82) is 0 Å². The molecule has 150 valence electrons. The van der Waals surface area contributed by atoms with Crippen LogP contribution in [0.15, 0.2) is 42.7 Å². The number of amides is 1. The summed E-state index contributed by atoms with van der Waals surface area (Å²) in [6.07, 6.45) is 1.02. The van der Waals surface area contributed by atoms with E-state index in [4.69, 9.17) is 9.47 Å². The third kappa shape index (κ3) is 5.34. The van der Waals surface area contributed by atoms with Crippen LogP contribution in [0.2, 0.25) is 0 Å². The Kier molecular flexibility index (Phi) is 6.68. The molecule has 1 amide bonds. The summed E-state index contributed by atoms with van der Waals surface area (Å²) in [7, 11) is 0. The van der Waals surface area contributed by atoms with Crippen LogP contribution < -0.4 is 14.4 Å². The average molecular weight is 384 g/mol. The van der Waals surface area contributed by atoms with Crippen LogP contribution in [-0.2, 0) is 4.79 Å². The van der Waals surface area contributed by atoms with Crippen molar-refractivity contribution in [2.45, 2.75) is 26.9 Å². The second-order valence-electron chi connectivity index (χ2n) is 7.30. The van der Waals surface area contributed by atoms with Crippen molar-refractivity contribution in [2.24, 2.45) is 5.92 Å². The molecule has 7 heteroatoms. The van der Waals surface area contributed by atoms with Gasteiger partial charge in [0.25, 0.3) is 5.91 Å². The zero-order valence-corrected chi connectivity index (χ0v) is 16.7. The average Bonchev–Trinajstić information content (AvgIpc) is 2.73. The van der Waals surface area contributed by atoms with Crippen LogP contribution in [0.4, 0.5) is 5.82 Å². The van der Waals surface area contributed by atoms with Crippen LogP contribution in [0.25, 0.3) is 0 Å². The number of rotatable bonds is 7. The van der Waals surface area contributed by atoms with Crippen LogP contribution in [0.1, 0.15) is 20.8 Å². The number of para-hydroxylation sites is 1. The predicted molar refractivity (Wildman–Crippen MR) is 108 cm³/mol. The van der Waals surface area contributed by atoms with Gasteiger partial charge in [-0.2, -0.15) is 0 Å². The van der Waals surface area contributed by atoms with E-state index in [1.54, 1.807) is 6.92 Å². The molecule has 0 spiro atoms. The molecule has 0 bridgehead atoms. The fourth-order valence-corrected chi connectivity index (χ4v) is 3.00. The quantitative estimate of drug-likeness (QED) is 0.731. The van der Waals surface area contributed by atoms with Gasteiger partial charge in [-0.05, 0) is 25.0 Å². The van der Waals surface area contributed by atoms with Crippen molar-refractivity contribution in [2.75, 3.05) is 37.7 Å². The van der Waals surface area contributed by atoms with Crippen molar-refractivity contribution in [3.05, 3.63) is 42.7 Å². The molecule has 1 unspecified atom stereocenters. The number of aromatic nitrogens is 2. The van der Waals surface area contributed by atoms with Crippen molar-refractivity contribution in [1.82, 2.24) is 14.9 Å². The van der Waals surface area contributed by atoms with Crippen LogP contribution >= 0.6 is 0 Å². The fourth-order valence-electron chi connectivity index (χ4n) is 3.00. The smallest absolute Gasteiger partial charge is 0.263 e. The van der Waals surface area contributed by atoms with E-state index in [0.717, 1.165) is 5.82 Å². The molecule has 2 heterocycles. The van der Waals surface area contributed by atoms with E-state index in [2.05, 4.69) is 28.7 Å². The Morgan fingerprint density at radius 3 is 2.46 bits per heavy atom. The van der Waals surface area contributed by atoms with Crippen molar-refractivity contribution in [3.8, 4) is 11.6 Å². The molecule has 1 aromatic carbocycles. The lowest BCUT2D eigenvalue weighted by atomic mass is 10.2. The minimum absolute atomic E-state index is 0.00662.